The van der Waals surface area contributed by atoms with Crippen LogP contribution in [0.2, 0.25) is 0 Å². The number of likely N-dealkylation sites (tertiary alicyclic amines) is 1. The quantitative estimate of drug-likeness (QED) is 0.751. The molecule has 3 aromatic rings. The van der Waals surface area contributed by atoms with Gasteiger partial charge in [-0.25, -0.2) is 4.39 Å². The van der Waals surface area contributed by atoms with Gasteiger partial charge in [-0.1, -0.05) is 36.4 Å². The third-order valence-electron chi connectivity index (χ3n) is 5.11. The number of halogens is 1. The maximum absolute atomic E-state index is 14.5. The number of benzene rings is 2. The zero-order valence-corrected chi connectivity index (χ0v) is 14.0. The molecule has 1 aromatic heterocycles. The first kappa shape index (κ1) is 15.9. The van der Waals surface area contributed by atoms with Crippen LogP contribution in [0.25, 0.3) is 10.9 Å². The van der Waals surface area contributed by atoms with E-state index in [-0.39, 0.29) is 17.6 Å². The molecule has 25 heavy (non-hydrogen) atoms. The molecule has 128 valence electrons. The van der Waals surface area contributed by atoms with Gasteiger partial charge in [-0.3, -0.25) is 4.79 Å². The number of amides is 1. The molecule has 3 nitrogen and oxygen atoms in total. The summed E-state index contributed by atoms with van der Waals surface area (Å²) < 4.78 is 14.5. The number of nitrogens with one attached hydrogen (secondary N) is 1. The van der Waals surface area contributed by atoms with E-state index in [2.05, 4.69) is 4.98 Å². The molecule has 2 aromatic carbocycles. The van der Waals surface area contributed by atoms with Crippen molar-refractivity contribution in [3.8, 4) is 0 Å². The van der Waals surface area contributed by atoms with E-state index in [1.807, 2.05) is 41.4 Å². The summed E-state index contributed by atoms with van der Waals surface area (Å²) in [6.07, 6.45) is 4.33. The number of hydrogen-bond acceptors (Lipinski definition) is 1. The summed E-state index contributed by atoms with van der Waals surface area (Å²) in [4.78, 5) is 17.9. The van der Waals surface area contributed by atoms with Gasteiger partial charge in [0.1, 0.15) is 5.82 Å². The molecule has 1 aliphatic rings. The molecule has 0 bridgehead atoms. The standard InChI is InChI=1S/C21H21FN2O/c22-19-9-3-1-7-15(19)17(13-21(25)24-11-5-6-12-24)18-14-23-20-10-4-2-8-16(18)20/h1-4,7-10,14,17,23H,5-6,11-13H2. The third-order valence-corrected chi connectivity index (χ3v) is 5.11. The molecule has 0 spiro atoms. The Balaban J connectivity index is 1.76. The van der Waals surface area contributed by atoms with Gasteiger partial charge in [0.05, 0.1) is 0 Å². The zero-order chi connectivity index (χ0) is 17.2. The highest BCUT2D eigenvalue weighted by Gasteiger charge is 2.27. The number of aromatic amines is 1. The van der Waals surface area contributed by atoms with Crippen molar-refractivity contribution in [3.05, 3.63) is 71.7 Å². The van der Waals surface area contributed by atoms with Crippen LogP contribution in [0.3, 0.4) is 0 Å². The molecule has 1 saturated heterocycles. The second kappa shape index (κ2) is 6.71. The molecule has 1 N–H and O–H groups in total. The van der Waals surface area contributed by atoms with Crippen molar-refractivity contribution in [1.82, 2.24) is 9.88 Å². The maximum atomic E-state index is 14.5. The largest absolute Gasteiger partial charge is 0.361 e. The molecule has 2 heterocycles. The molecule has 4 rings (SSSR count). The van der Waals surface area contributed by atoms with Crippen LogP contribution in [0.1, 0.15) is 36.3 Å². The number of carbonyl (C=O) groups excluding carboxylic acids is 1. The smallest absolute Gasteiger partial charge is 0.223 e. The van der Waals surface area contributed by atoms with Crippen LogP contribution in [-0.2, 0) is 4.79 Å². The second-order valence-corrected chi connectivity index (χ2v) is 6.66. The van der Waals surface area contributed by atoms with E-state index in [0.29, 0.717) is 12.0 Å². The average Bonchev–Trinajstić information content (AvgIpc) is 3.30. The predicted molar refractivity (Wildman–Crippen MR) is 97.0 cm³/mol. The monoisotopic (exact) mass is 336 g/mol. The summed E-state index contributed by atoms with van der Waals surface area (Å²) in [6, 6.07) is 14.7. The first-order valence-corrected chi connectivity index (χ1v) is 8.82. The Hall–Kier alpha value is -2.62. The SMILES string of the molecule is O=C(CC(c1ccccc1F)c1c[nH]c2ccccc12)N1CCCC1. The highest BCUT2D eigenvalue weighted by atomic mass is 19.1. The number of hydrogen-bond donors (Lipinski definition) is 1. The Kier molecular flexibility index (Phi) is 4.26. The fourth-order valence-electron chi connectivity index (χ4n) is 3.80. The average molecular weight is 336 g/mol. The lowest BCUT2D eigenvalue weighted by Gasteiger charge is -2.22. The van der Waals surface area contributed by atoms with Crippen LogP contribution < -0.4 is 0 Å². The Bertz CT molecular complexity index is 896. The summed E-state index contributed by atoms with van der Waals surface area (Å²) >= 11 is 0. The number of aromatic nitrogens is 1. The minimum atomic E-state index is -0.287. The molecule has 4 heteroatoms. The van der Waals surface area contributed by atoms with Crippen LogP contribution in [-0.4, -0.2) is 28.9 Å². The van der Waals surface area contributed by atoms with Crippen LogP contribution in [0.4, 0.5) is 4.39 Å². The highest BCUT2D eigenvalue weighted by molar-refractivity contribution is 5.86. The van der Waals surface area contributed by atoms with Crippen molar-refractivity contribution in [3.63, 3.8) is 0 Å². The molecule has 1 fully saturated rings. The first-order valence-electron chi connectivity index (χ1n) is 8.82. The van der Waals surface area contributed by atoms with Crippen molar-refractivity contribution in [2.24, 2.45) is 0 Å². The molecular formula is C21H21FN2O. The number of H-pyrrole nitrogens is 1. The van der Waals surface area contributed by atoms with Gasteiger partial charge in [0.2, 0.25) is 5.91 Å². The van der Waals surface area contributed by atoms with Crippen LogP contribution in [0.5, 0.6) is 0 Å². The van der Waals surface area contributed by atoms with Crippen molar-refractivity contribution in [2.45, 2.75) is 25.2 Å². The number of fused-ring (bicyclic) bond motifs is 1. The normalized spacial score (nSPS) is 15.6. The number of rotatable bonds is 4. The second-order valence-electron chi connectivity index (χ2n) is 6.66. The highest BCUT2D eigenvalue weighted by Crippen LogP contribution is 2.35. The zero-order valence-electron chi connectivity index (χ0n) is 14.0. The minimum Gasteiger partial charge on any atom is -0.361 e. The Morgan fingerprint density at radius 2 is 1.76 bits per heavy atom. The fourth-order valence-corrected chi connectivity index (χ4v) is 3.80. The van der Waals surface area contributed by atoms with E-state index >= 15 is 0 Å². The van der Waals surface area contributed by atoms with Gasteiger partial charge in [0.25, 0.3) is 0 Å². The lowest BCUT2D eigenvalue weighted by molar-refractivity contribution is -0.130. The predicted octanol–water partition coefficient (Wildman–Crippen LogP) is 4.45. The van der Waals surface area contributed by atoms with Gasteiger partial charge < -0.3 is 9.88 Å². The Labute approximate surface area is 146 Å². The number of nitrogens with zero attached hydrogens (tertiary/aromatic N) is 1. The van der Waals surface area contributed by atoms with E-state index in [4.69, 9.17) is 0 Å². The van der Waals surface area contributed by atoms with Gasteiger partial charge >= 0.3 is 0 Å². The molecular weight excluding hydrogens is 315 g/mol. The van der Waals surface area contributed by atoms with E-state index in [1.165, 1.54) is 6.07 Å². The van der Waals surface area contributed by atoms with Gasteiger partial charge in [0, 0.05) is 42.5 Å². The van der Waals surface area contributed by atoms with Crippen molar-refractivity contribution < 1.29 is 9.18 Å². The fraction of sp³-hybridized carbons (Fsp3) is 0.286. The van der Waals surface area contributed by atoms with Crippen LogP contribution in [0.15, 0.2) is 54.7 Å². The molecule has 0 aliphatic carbocycles. The molecule has 1 aliphatic heterocycles. The van der Waals surface area contributed by atoms with Gasteiger partial charge in [-0.2, -0.15) is 0 Å². The minimum absolute atomic E-state index is 0.107. The molecule has 1 amide bonds. The lowest BCUT2D eigenvalue weighted by atomic mass is 9.87. The molecule has 0 saturated carbocycles. The summed E-state index contributed by atoms with van der Waals surface area (Å²) in [5.74, 6) is -0.437. The summed E-state index contributed by atoms with van der Waals surface area (Å²) in [6.45, 7) is 1.63. The third kappa shape index (κ3) is 3.04. The van der Waals surface area contributed by atoms with Crippen molar-refractivity contribution in [2.75, 3.05) is 13.1 Å². The van der Waals surface area contributed by atoms with Crippen molar-refractivity contribution >= 4 is 16.8 Å². The van der Waals surface area contributed by atoms with E-state index in [1.54, 1.807) is 12.1 Å². The summed E-state index contributed by atoms with van der Waals surface area (Å²) in [5.41, 5.74) is 2.57. The molecule has 0 radical (unpaired) electrons. The first-order chi connectivity index (χ1) is 12.2. The van der Waals surface area contributed by atoms with E-state index in [9.17, 15) is 9.18 Å². The van der Waals surface area contributed by atoms with Gasteiger partial charge in [-0.05, 0) is 36.1 Å². The van der Waals surface area contributed by atoms with Crippen molar-refractivity contribution in [1.29, 1.82) is 0 Å². The lowest BCUT2D eigenvalue weighted by Crippen LogP contribution is -2.29. The molecule has 1 unspecified atom stereocenters. The Morgan fingerprint density at radius 1 is 1.04 bits per heavy atom. The van der Waals surface area contributed by atoms with E-state index in [0.717, 1.165) is 42.4 Å². The molecule has 1 atom stereocenters. The van der Waals surface area contributed by atoms with Crippen LogP contribution in [0, 0.1) is 5.82 Å². The summed E-state index contributed by atoms with van der Waals surface area (Å²) in [5, 5.41) is 1.05. The van der Waals surface area contributed by atoms with E-state index < -0.39 is 0 Å². The summed E-state index contributed by atoms with van der Waals surface area (Å²) in [7, 11) is 0. The Morgan fingerprint density at radius 3 is 2.56 bits per heavy atom. The topological polar surface area (TPSA) is 36.1 Å². The van der Waals surface area contributed by atoms with Crippen LogP contribution >= 0.6 is 0 Å². The number of para-hydroxylation sites is 1. The van der Waals surface area contributed by atoms with Gasteiger partial charge in [-0.15, -0.1) is 0 Å². The van der Waals surface area contributed by atoms with Gasteiger partial charge in [0.15, 0.2) is 0 Å². The number of carbonyl (C=O) groups is 1. The maximum Gasteiger partial charge on any atom is 0.223 e.